The molecule has 4 atom stereocenters. The molecule has 0 saturated heterocycles. The number of carboxylic acid groups (broad SMARTS) is 1. The second-order valence-electron chi connectivity index (χ2n) is 8.81. The number of nitrogens with two attached hydrogens (primary N) is 3. The molecule has 0 saturated carbocycles. The van der Waals surface area contributed by atoms with Crippen molar-refractivity contribution in [2.75, 3.05) is 18.6 Å². The third-order valence-electron chi connectivity index (χ3n) is 5.38. The van der Waals surface area contributed by atoms with Crippen LogP contribution < -0.4 is 33.2 Å². The highest BCUT2D eigenvalue weighted by atomic mass is 32.2. The highest BCUT2D eigenvalue weighted by molar-refractivity contribution is 7.98. The molecule has 4 unspecified atom stereocenters. The lowest BCUT2D eigenvalue weighted by Crippen LogP contribution is -2.57. The normalized spacial score (nSPS) is 14.2. The first-order valence-electron chi connectivity index (χ1n) is 11.9. The van der Waals surface area contributed by atoms with Crippen molar-refractivity contribution >= 4 is 41.4 Å². The quantitative estimate of drug-likeness (QED) is 0.0629. The Morgan fingerprint density at radius 1 is 1.08 bits per heavy atom. The van der Waals surface area contributed by atoms with Gasteiger partial charge in [-0.2, -0.15) is 11.8 Å². The Morgan fingerprint density at radius 3 is 2.24 bits per heavy atom. The van der Waals surface area contributed by atoms with Gasteiger partial charge in [0.15, 0.2) is 5.96 Å². The number of nitrogens with zero attached hydrogens (tertiary/aromatic N) is 2. The number of rotatable bonds is 17. The molecule has 3 amide bonds. The number of H-pyrrole nitrogens is 1. The first-order chi connectivity index (χ1) is 17.5. The van der Waals surface area contributed by atoms with E-state index in [9.17, 15) is 24.3 Å². The summed E-state index contributed by atoms with van der Waals surface area (Å²) in [6, 6.07) is -4.10. The lowest BCUT2D eigenvalue weighted by atomic mass is 10.0. The molecule has 208 valence electrons. The van der Waals surface area contributed by atoms with Crippen LogP contribution in [-0.2, 0) is 25.6 Å². The molecular formula is C22H39N9O5S. The van der Waals surface area contributed by atoms with Gasteiger partial charge in [0.2, 0.25) is 17.7 Å². The number of carbonyl (C=O) groups is 4. The molecule has 14 nitrogen and oxygen atoms in total. The maximum Gasteiger partial charge on any atom is 0.326 e. The molecule has 1 rings (SSSR count). The Bertz CT molecular complexity index is 906. The lowest BCUT2D eigenvalue weighted by Gasteiger charge is -2.26. The predicted octanol–water partition coefficient (Wildman–Crippen LogP) is -1.72. The van der Waals surface area contributed by atoms with E-state index in [0.29, 0.717) is 17.9 Å². The number of aliphatic carboxylic acids is 1. The number of aromatic amines is 1. The Balaban J connectivity index is 2.98. The van der Waals surface area contributed by atoms with E-state index in [2.05, 4.69) is 30.9 Å². The Kier molecular flexibility index (Phi) is 14.1. The molecule has 37 heavy (non-hydrogen) atoms. The molecule has 0 radical (unpaired) electrons. The van der Waals surface area contributed by atoms with Crippen LogP contribution in [0.1, 0.15) is 38.8 Å². The molecule has 0 aliphatic rings. The van der Waals surface area contributed by atoms with Crippen molar-refractivity contribution in [1.82, 2.24) is 25.9 Å². The number of imidazole rings is 1. The Hall–Kier alpha value is -3.33. The van der Waals surface area contributed by atoms with Crippen LogP contribution in [0.5, 0.6) is 0 Å². The number of carboxylic acids is 1. The fraction of sp³-hybridized carbons (Fsp3) is 0.636. The summed E-state index contributed by atoms with van der Waals surface area (Å²) in [7, 11) is 0. The third kappa shape index (κ3) is 12.0. The minimum atomic E-state index is -1.17. The second-order valence-corrected chi connectivity index (χ2v) is 9.79. The first kappa shape index (κ1) is 31.7. The van der Waals surface area contributed by atoms with Gasteiger partial charge in [0, 0.05) is 24.9 Å². The van der Waals surface area contributed by atoms with Crippen molar-refractivity contribution in [2.24, 2.45) is 28.1 Å². The zero-order valence-electron chi connectivity index (χ0n) is 21.4. The van der Waals surface area contributed by atoms with Gasteiger partial charge in [-0.05, 0) is 37.2 Å². The summed E-state index contributed by atoms with van der Waals surface area (Å²) in [4.78, 5) is 61.0. The van der Waals surface area contributed by atoms with Crippen LogP contribution in [0.3, 0.4) is 0 Å². The van der Waals surface area contributed by atoms with Gasteiger partial charge < -0.3 is 43.2 Å². The summed E-state index contributed by atoms with van der Waals surface area (Å²) in [5.74, 6) is -2.89. The third-order valence-corrected chi connectivity index (χ3v) is 6.03. The standard InChI is InChI=1S/C22H39N9O5S/c1-12(2)17(21(35)36)31-20(34)16(6-8-37-3)30-19(33)15(5-4-7-27-22(24)25)29-18(32)14(23)9-13-10-26-11-28-13/h10-12,14-17H,4-9,23H2,1-3H3,(H,26,28)(H,29,32)(H,30,33)(H,31,34)(H,35,36)(H4,24,25,27). The SMILES string of the molecule is CSCCC(NC(=O)C(CCCN=C(N)N)NC(=O)C(N)Cc1cnc[nH]1)C(=O)NC(C(=O)O)C(C)C. The molecule has 15 heteroatoms. The van der Waals surface area contributed by atoms with Crippen LogP contribution in [0.15, 0.2) is 17.5 Å². The monoisotopic (exact) mass is 541 g/mol. The van der Waals surface area contributed by atoms with Crippen molar-refractivity contribution < 1.29 is 24.3 Å². The smallest absolute Gasteiger partial charge is 0.326 e. The molecule has 0 aliphatic carbocycles. The summed E-state index contributed by atoms with van der Waals surface area (Å²) in [6.07, 6.45) is 5.83. The van der Waals surface area contributed by atoms with E-state index in [4.69, 9.17) is 17.2 Å². The van der Waals surface area contributed by atoms with Crippen LogP contribution in [-0.4, -0.2) is 87.4 Å². The number of hydrogen-bond donors (Lipinski definition) is 8. The highest BCUT2D eigenvalue weighted by Gasteiger charge is 2.31. The van der Waals surface area contributed by atoms with E-state index in [-0.39, 0.29) is 37.7 Å². The summed E-state index contributed by atoms with van der Waals surface area (Å²) in [5, 5.41) is 17.2. The summed E-state index contributed by atoms with van der Waals surface area (Å²) in [6.45, 7) is 3.57. The number of hydrogen-bond acceptors (Lipinski definition) is 8. The molecule has 0 aliphatic heterocycles. The van der Waals surface area contributed by atoms with E-state index >= 15 is 0 Å². The predicted molar refractivity (Wildman–Crippen MR) is 141 cm³/mol. The van der Waals surface area contributed by atoms with Crippen molar-refractivity contribution in [3.8, 4) is 0 Å². The van der Waals surface area contributed by atoms with Gasteiger partial charge in [0.25, 0.3) is 0 Å². The molecule has 1 aromatic heterocycles. The maximum absolute atomic E-state index is 13.2. The fourth-order valence-electron chi connectivity index (χ4n) is 3.32. The van der Waals surface area contributed by atoms with E-state index in [1.807, 2.05) is 6.26 Å². The summed E-state index contributed by atoms with van der Waals surface area (Å²) >= 11 is 1.47. The van der Waals surface area contributed by atoms with Crippen LogP contribution in [0.2, 0.25) is 0 Å². The van der Waals surface area contributed by atoms with Gasteiger partial charge in [-0.15, -0.1) is 0 Å². The number of nitrogens with one attached hydrogen (secondary N) is 4. The number of guanidine groups is 1. The van der Waals surface area contributed by atoms with E-state index in [0.717, 1.165) is 0 Å². The van der Waals surface area contributed by atoms with Crippen LogP contribution >= 0.6 is 11.8 Å². The Labute approximate surface area is 220 Å². The first-order valence-corrected chi connectivity index (χ1v) is 13.3. The zero-order chi connectivity index (χ0) is 28.0. The Morgan fingerprint density at radius 2 is 1.70 bits per heavy atom. The number of thioether (sulfide) groups is 1. The van der Waals surface area contributed by atoms with Crippen molar-refractivity contribution in [3.05, 3.63) is 18.2 Å². The average molecular weight is 542 g/mol. The number of aliphatic imine (C=N–C) groups is 1. The molecule has 1 heterocycles. The molecule has 1 aromatic rings. The van der Waals surface area contributed by atoms with Crippen molar-refractivity contribution in [3.63, 3.8) is 0 Å². The van der Waals surface area contributed by atoms with Crippen LogP contribution in [0.25, 0.3) is 0 Å². The number of aromatic nitrogens is 2. The molecule has 0 spiro atoms. The molecule has 0 aromatic carbocycles. The van der Waals surface area contributed by atoms with E-state index in [1.165, 1.54) is 18.1 Å². The van der Waals surface area contributed by atoms with Gasteiger partial charge in [0.1, 0.15) is 18.1 Å². The second kappa shape index (κ2) is 16.4. The average Bonchev–Trinajstić information content (AvgIpc) is 3.33. The van der Waals surface area contributed by atoms with Gasteiger partial charge >= 0.3 is 5.97 Å². The van der Waals surface area contributed by atoms with E-state index in [1.54, 1.807) is 20.0 Å². The minimum Gasteiger partial charge on any atom is -0.480 e. The van der Waals surface area contributed by atoms with Crippen LogP contribution in [0, 0.1) is 5.92 Å². The van der Waals surface area contributed by atoms with E-state index < -0.39 is 47.9 Å². The highest BCUT2D eigenvalue weighted by Crippen LogP contribution is 2.08. The number of carbonyl (C=O) groups excluding carboxylic acids is 3. The molecule has 11 N–H and O–H groups in total. The van der Waals surface area contributed by atoms with Crippen LogP contribution in [0.4, 0.5) is 0 Å². The van der Waals surface area contributed by atoms with Gasteiger partial charge in [0.05, 0.1) is 12.4 Å². The maximum atomic E-state index is 13.2. The minimum absolute atomic E-state index is 0.0986. The fourth-order valence-corrected chi connectivity index (χ4v) is 3.79. The van der Waals surface area contributed by atoms with Crippen molar-refractivity contribution in [2.45, 2.75) is 63.7 Å². The lowest BCUT2D eigenvalue weighted by molar-refractivity contribution is -0.143. The molecule has 0 bridgehead atoms. The topological polar surface area (TPSA) is 244 Å². The summed E-state index contributed by atoms with van der Waals surface area (Å²) < 4.78 is 0. The van der Waals surface area contributed by atoms with Crippen molar-refractivity contribution in [1.29, 1.82) is 0 Å². The zero-order valence-corrected chi connectivity index (χ0v) is 22.2. The molecule has 0 fully saturated rings. The number of amides is 3. The van der Waals surface area contributed by atoms with Gasteiger partial charge in [-0.3, -0.25) is 19.4 Å². The van der Waals surface area contributed by atoms with Gasteiger partial charge in [-0.1, -0.05) is 13.8 Å². The molecular weight excluding hydrogens is 502 g/mol. The largest absolute Gasteiger partial charge is 0.480 e. The summed E-state index contributed by atoms with van der Waals surface area (Å²) in [5.41, 5.74) is 17.4. The van der Waals surface area contributed by atoms with Gasteiger partial charge in [-0.25, -0.2) is 9.78 Å².